The van der Waals surface area contributed by atoms with Crippen molar-refractivity contribution in [2.75, 3.05) is 13.6 Å². The number of hydrogen-bond acceptors (Lipinski definition) is 2. The Hall–Kier alpha value is -1.69. The maximum Gasteiger partial charge on any atom is 0.234 e. The van der Waals surface area contributed by atoms with Crippen molar-refractivity contribution in [1.82, 2.24) is 10.6 Å². The van der Waals surface area contributed by atoms with E-state index in [0.29, 0.717) is 10.6 Å². The molecule has 124 valence electrons. The molecule has 2 aromatic carbocycles. The Kier molecular flexibility index (Phi) is 7.42. The van der Waals surface area contributed by atoms with E-state index in [2.05, 4.69) is 10.6 Å². The van der Waals surface area contributed by atoms with Crippen molar-refractivity contribution in [3.05, 3.63) is 70.2 Å². The molecule has 3 nitrogen and oxygen atoms in total. The van der Waals surface area contributed by atoms with Crippen LogP contribution in [0.1, 0.15) is 17.2 Å². The van der Waals surface area contributed by atoms with E-state index in [1.807, 2.05) is 0 Å². The zero-order chi connectivity index (χ0) is 16.1. The lowest BCUT2D eigenvalue weighted by atomic mass is 9.97. The number of amides is 1. The smallest absolute Gasteiger partial charge is 0.234 e. The van der Waals surface area contributed by atoms with Crippen molar-refractivity contribution < 1.29 is 13.6 Å². The molecule has 1 unspecified atom stereocenters. The van der Waals surface area contributed by atoms with Crippen molar-refractivity contribution in [2.45, 2.75) is 6.04 Å². The summed E-state index contributed by atoms with van der Waals surface area (Å²) in [4.78, 5) is 11.9. The molecule has 1 amide bonds. The minimum atomic E-state index is -0.870. The fourth-order valence-corrected chi connectivity index (χ4v) is 2.39. The second-order valence-electron chi connectivity index (χ2n) is 4.72. The molecule has 0 radical (unpaired) electrons. The minimum Gasteiger partial charge on any atom is -0.344 e. The second-order valence-corrected chi connectivity index (χ2v) is 5.13. The van der Waals surface area contributed by atoms with Crippen molar-refractivity contribution in [2.24, 2.45) is 0 Å². The molecule has 2 rings (SSSR count). The third-order valence-electron chi connectivity index (χ3n) is 3.13. The van der Waals surface area contributed by atoms with Crippen molar-refractivity contribution in [3.8, 4) is 0 Å². The average Bonchev–Trinajstić information content (AvgIpc) is 2.49. The highest BCUT2D eigenvalue weighted by Crippen LogP contribution is 2.30. The third kappa shape index (κ3) is 4.89. The predicted octanol–water partition coefficient (Wildman–Crippen LogP) is 3.47. The Balaban J connectivity index is 0.00000264. The van der Waals surface area contributed by atoms with E-state index in [1.165, 1.54) is 0 Å². The van der Waals surface area contributed by atoms with Gasteiger partial charge in [-0.15, -0.1) is 12.4 Å². The number of nitrogens with one attached hydrogen (secondary N) is 2. The van der Waals surface area contributed by atoms with Gasteiger partial charge in [0, 0.05) is 10.6 Å². The summed E-state index contributed by atoms with van der Waals surface area (Å²) in [7, 11) is 1.62. The van der Waals surface area contributed by atoms with E-state index in [-0.39, 0.29) is 30.4 Å². The Morgan fingerprint density at radius 3 is 2.52 bits per heavy atom. The summed E-state index contributed by atoms with van der Waals surface area (Å²) in [5, 5.41) is 5.73. The summed E-state index contributed by atoms with van der Waals surface area (Å²) in [6.07, 6.45) is 0. The van der Waals surface area contributed by atoms with Crippen molar-refractivity contribution in [1.29, 1.82) is 0 Å². The maximum absolute atomic E-state index is 14.1. The lowest BCUT2D eigenvalue weighted by molar-refractivity contribution is -0.120. The standard InChI is InChI=1S/C16H15ClF2N2O.ClH/c1-20-9-15(22)21-16(11-4-2-3-5-13(11)17)12-8-10(18)6-7-14(12)19;/h2-8,16,20H,9H2,1H3,(H,21,22);1H. The number of carbonyl (C=O) groups is 1. The molecule has 23 heavy (non-hydrogen) atoms. The molecule has 1 atom stereocenters. The summed E-state index contributed by atoms with van der Waals surface area (Å²) in [5.41, 5.74) is 0.524. The van der Waals surface area contributed by atoms with Gasteiger partial charge in [0.05, 0.1) is 12.6 Å². The van der Waals surface area contributed by atoms with E-state index in [0.717, 1.165) is 18.2 Å². The molecule has 0 saturated carbocycles. The van der Waals surface area contributed by atoms with E-state index in [4.69, 9.17) is 11.6 Å². The van der Waals surface area contributed by atoms with Crippen LogP contribution < -0.4 is 10.6 Å². The summed E-state index contributed by atoms with van der Waals surface area (Å²) in [6.45, 7) is 0.0535. The van der Waals surface area contributed by atoms with Gasteiger partial charge < -0.3 is 10.6 Å². The van der Waals surface area contributed by atoms with Crippen molar-refractivity contribution in [3.63, 3.8) is 0 Å². The number of benzene rings is 2. The van der Waals surface area contributed by atoms with Crippen LogP contribution in [0.3, 0.4) is 0 Å². The first-order chi connectivity index (χ1) is 10.5. The van der Waals surface area contributed by atoms with Crippen LogP contribution in [0.25, 0.3) is 0 Å². The lowest BCUT2D eigenvalue weighted by Gasteiger charge is -2.21. The van der Waals surface area contributed by atoms with Gasteiger partial charge in [-0.05, 0) is 36.9 Å². The monoisotopic (exact) mass is 360 g/mol. The Labute approximate surface area is 144 Å². The van der Waals surface area contributed by atoms with Gasteiger partial charge in [0.2, 0.25) is 5.91 Å². The first-order valence-corrected chi connectivity index (χ1v) is 7.04. The van der Waals surface area contributed by atoms with E-state index < -0.39 is 17.7 Å². The van der Waals surface area contributed by atoms with Gasteiger partial charge in [-0.25, -0.2) is 8.78 Å². The number of likely N-dealkylation sites (N-methyl/N-ethyl adjacent to an activating group) is 1. The van der Waals surface area contributed by atoms with Crippen LogP contribution in [0.2, 0.25) is 5.02 Å². The zero-order valence-corrected chi connectivity index (χ0v) is 13.8. The molecule has 0 aliphatic rings. The van der Waals surface area contributed by atoms with Gasteiger partial charge in [0.25, 0.3) is 0 Å². The van der Waals surface area contributed by atoms with Gasteiger partial charge in [-0.1, -0.05) is 29.8 Å². The van der Waals surface area contributed by atoms with Crippen LogP contribution in [0.4, 0.5) is 8.78 Å². The third-order valence-corrected chi connectivity index (χ3v) is 3.47. The number of hydrogen-bond donors (Lipinski definition) is 2. The van der Waals surface area contributed by atoms with Gasteiger partial charge >= 0.3 is 0 Å². The number of rotatable bonds is 5. The van der Waals surface area contributed by atoms with Crippen LogP contribution >= 0.6 is 24.0 Å². The fourth-order valence-electron chi connectivity index (χ4n) is 2.14. The molecule has 0 fully saturated rings. The molecule has 2 aromatic rings. The van der Waals surface area contributed by atoms with E-state index in [1.54, 1.807) is 31.3 Å². The molecule has 0 spiro atoms. The Morgan fingerprint density at radius 1 is 1.17 bits per heavy atom. The highest BCUT2D eigenvalue weighted by molar-refractivity contribution is 6.31. The lowest BCUT2D eigenvalue weighted by Crippen LogP contribution is -2.36. The van der Waals surface area contributed by atoms with Crippen LogP contribution in [-0.2, 0) is 4.79 Å². The highest BCUT2D eigenvalue weighted by atomic mass is 35.5. The topological polar surface area (TPSA) is 41.1 Å². The SMILES string of the molecule is CNCC(=O)NC(c1cc(F)ccc1F)c1ccccc1Cl.Cl. The van der Waals surface area contributed by atoms with Gasteiger partial charge in [0.1, 0.15) is 11.6 Å². The average molecular weight is 361 g/mol. The van der Waals surface area contributed by atoms with Crippen LogP contribution in [0, 0.1) is 11.6 Å². The van der Waals surface area contributed by atoms with Crippen molar-refractivity contribution >= 4 is 29.9 Å². The minimum absolute atomic E-state index is 0. The molecule has 0 bridgehead atoms. The maximum atomic E-state index is 14.1. The fraction of sp³-hybridized carbons (Fsp3) is 0.188. The normalized spacial score (nSPS) is 11.5. The molecular weight excluding hydrogens is 345 g/mol. The van der Waals surface area contributed by atoms with Crippen LogP contribution in [-0.4, -0.2) is 19.5 Å². The van der Waals surface area contributed by atoms with E-state index in [9.17, 15) is 13.6 Å². The Morgan fingerprint density at radius 2 is 1.87 bits per heavy atom. The van der Waals surface area contributed by atoms with Gasteiger partial charge in [0.15, 0.2) is 0 Å². The van der Waals surface area contributed by atoms with E-state index >= 15 is 0 Å². The molecule has 0 aliphatic heterocycles. The predicted molar refractivity (Wildman–Crippen MR) is 89.0 cm³/mol. The molecule has 0 saturated heterocycles. The second kappa shape index (κ2) is 8.82. The summed E-state index contributed by atoms with van der Waals surface area (Å²) in [5.74, 6) is -1.55. The molecule has 0 aliphatic carbocycles. The molecule has 2 N–H and O–H groups in total. The first-order valence-electron chi connectivity index (χ1n) is 6.66. The summed E-state index contributed by atoms with van der Waals surface area (Å²) >= 11 is 6.14. The molecule has 0 heterocycles. The molecular formula is C16H16Cl2F2N2O. The first kappa shape index (κ1) is 19.4. The Bertz CT molecular complexity index is 683. The number of halogens is 4. The zero-order valence-electron chi connectivity index (χ0n) is 12.3. The summed E-state index contributed by atoms with van der Waals surface area (Å²) in [6, 6.07) is 8.97. The molecule has 7 heteroatoms. The molecule has 0 aromatic heterocycles. The van der Waals surface area contributed by atoms with Gasteiger partial charge in [-0.2, -0.15) is 0 Å². The largest absolute Gasteiger partial charge is 0.344 e. The van der Waals surface area contributed by atoms with Crippen LogP contribution in [0.15, 0.2) is 42.5 Å². The summed E-state index contributed by atoms with van der Waals surface area (Å²) < 4.78 is 27.6. The highest BCUT2D eigenvalue weighted by Gasteiger charge is 2.22. The van der Waals surface area contributed by atoms with Gasteiger partial charge in [-0.3, -0.25) is 4.79 Å². The quantitative estimate of drug-likeness (QED) is 0.857. The van der Waals surface area contributed by atoms with Crippen LogP contribution in [0.5, 0.6) is 0 Å². The number of carbonyl (C=O) groups excluding carboxylic acids is 1.